The Morgan fingerprint density at radius 1 is 0.903 bits per heavy atom. The van der Waals surface area contributed by atoms with Gasteiger partial charge in [0, 0.05) is 38.4 Å². The number of methoxy groups -OCH3 is 3. The van der Waals surface area contributed by atoms with E-state index in [2.05, 4.69) is 0 Å². The van der Waals surface area contributed by atoms with Crippen LogP contribution in [0.3, 0.4) is 0 Å². The van der Waals surface area contributed by atoms with Gasteiger partial charge in [0.15, 0.2) is 0 Å². The molecule has 0 fully saturated rings. The van der Waals surface area contributed by atoms with Gasteiger partial charge in [-0.25, -0.2) is 4.90 Å². The third-order valence-electron chi connectivity index (χ3n) is 4.95. The van der Waals surface area contributed by atoms with Gasteiger partial charge in [-0.1, -0.05) is 29.8 Å². The van der Waals surface area contributed by atoms with Gasteiger partial charge in [0.25, 0.3) is 11.8 Å². The van der Waals surface area contributed by atoms with E-state index in [1.165, 1.54) is 12.0 Å². The standard InChI is InChI=1S/C23H25ClN2O5/c1-29-13-11-25(12-14-30-2)21-20(16-7-9-17(24)10-8-16)22(27)26(23(21)28)18-5-4-6-19(15-18)31-3/h4-10,15H,11-14H2,1-3H3. The summed E-state index contributed by atoms with van der Waals surface area (Å²) in [5.74, 6) is -0.263. The number of hydrogen-bond donors (Lipinski definition) is 0. The van der Waals surface area contributed by atoms with Gasteiger partial charge in [-0.05, 0) is 29.8 Å². The van der Waals surface area contributed by atoms with Crippen LogP contribution < -0.4 is 9.64 Å². The molecule has 8 heteroatoms. The van der Waals surface area contributed by atoms with Gasteiger partial charge < -0.3 is 19.1 Å². The number of imide groups is 1. The number of carbonyl (C=O) groups is 2. The van der Waals surface area contributed by atoms with Gasteiger partial charge >= 0.3 is 0 Å². The quantitative estimate of drug-likeness (QED) is 0.524. The third-order valence-corrected chi connectivity index (χ3v) is 5.20. The Balaban J connectivity index is 2.12. The topological polar surface area (TPSA) is 68.3 Å². The van der Waals surface area contributed by atoms with Crippen molar-refractivity contribution in [3.05, 3.63) is 64.8 Å². The number of nitrogens with zero attached hydrogens (tertiary/aromatic N) is 2. The fraction of sp³-hybridized carbons (Fsp3) is 0.304. The predicted molar refractivity (Wildman–Crippen MR) is 119 cm³/mol. The van der Waals surface area contributed by atoms with Crippen molar-refractivity contribution in [3.8, 4) is 5.75 Å². The molecule has 0 aromatic heterocycles. The van der Waals surface area contributed by atoms with Gasteiger partial charge in [0.05, 0.1) is 31.6 Å². The number of ether oxygens (including phenoxy) is 3. The Hall–Kier alpha value is -2.87. The summed E-state index contributed by atoms with van der Waals surface area (Å²) in [5.41, 5.74) is 1.68. The van der Waals surface area contributed by atoms with Crippen molar-refractivity contribution in [3.63, 3.8) is 0 Å². The Morgan fingerprint density at radius 3 is 2.13 bits per heavy atom. The third kappa shape index (κ3) is 4.90. The van der Waals surface area contributed by atoms with Crippen molar-refractivity contribution in [1.82, 2.24) is 4.90 Å². The number of rotatable bonds is 10. The lowest BCUT2D eigenvalue weighted by molar-refractivity contribution is -0.120. The number of anilines is 1. The van der Waals surface area contributed by atoms with E-state index in [-0.39, 0.29) is 0 Å². The van der Waals surface area contributed by atoms with Crippen LogP contribution in [0.5, 0.6) is 5.75 Å². The summed E-state index contributed by atoms with van der Waals surface area (Å²) in [5, 5.41) is 0.544. The molecular formula is C23H25ClN2O5. The molecule has 2 amide bonds. The lowest BCUT2D eigenvalue weighted by Crippen LogP contribution is -2.37. The summed E-state index contributed by atoms with van der Waals surface area (Å²) in [4.78, 5) is 30.1. The normalized spacial score (nSPS) is 13.9. The smallest absolute Gasteiger partial charge is 0.282 e. The van der Waals surface area contributed by atoms with Crippen LogP contribution in [0.1, 0.15) is 5.56 Å². The molecule has 1 heterocycles. The monoisotopic (exact) mass is 444 g/mol. The molecule has 0 aliphatic carbocycles. The molecule has 7 nitrogen and oxygen atoms in total. The van der Waals surface area contributed by atoms with Crippen molar-refractivity contribution in [1.29, 1.82) is 0 Å². The zero-order valence-electron chi connectivity index (χ0n) is 17.8. The first kappa shape index (κ1) is 22.8. The second-order valence-electron chi connectivity index (χ2n) is 6.85. The van der Waals surface area contributed by atoms with E-state index in [9.17, 15) is 9.59 Å². The molecule has 0 saturated heterocycles. The fourth-order valence-electron chi connectivity index (χ4n) is 3.41. The molecule has 31 heavy (non-hydrogen) atoms. The molecule has 3 rings (SSSR count). The molecule has 0 bridgehead atoms. The van der Waals surface area contributed by atoms with Crippen molar-refractivity contribution < 1.29 is 23.8 Å². The van der Waals surface area contributed by atoms with Gasteiger partial charge in [0.1, 0.15) is 11.4 Å². The molecule has 0 atom stereocenters. The Labute approximate surface area is 186 Å². The van der Waals surface area contributed by atoms with E-state index in [1.807, 2.05) is 4.90 Å². The molecule has 0 radical (unpaired) electrons. The van der Waals surface area contributed by atoms with Crippen LogP contribution in [0, 0.1) is 0 Å². The average Bonchev–Trinajstić information content (AvgIpc) is 3.04. The van der Waals surface area contributed by atoms with Crippen molar-refractivity contribution >= 4 is 34.7 Å². The summed E-state index contributed by atoms with van der Waals surface area (Å²) >= 11 is 6.04. The van der Waals surface area contributed by atoms with Crippen LogP contribution in [0.25, 0.3) is 5.57 Å². The van der Waals surface area contributed by atoms with E-state index in [0.717, 1.165) is 0 Å². The Morgan fingerprint density at radius 2 is 1.55 bits per heavy atom. The minimum atomic E-state index is -0.407. The molecule has 0 N–H and O–H groups in total. The van der Waals surface area contributed by atoms with Crippen LogP contribution in [-0.2, 0) is 19.1 Å². The Bertz CT molecular complexity index is 966. The highest BCUT2D eigenvalue weighted by Crippen LogP contribution is 2.36. The fourth-order valence-corrected chi connectivity index (χ4v) is 3.54. The first-order valence-electron chi connectivity index (χ1n) is 9.77. The average molecular weight is 445 g/mol. The number of hydrogen-bond acceptors (Lipinski definition) is 6. The molecule has 2 aromatic carbocycles. The maximum atomic E-state index is 13.6. The number of benzene rings is 2. The van der Waals surface area contributed by atoms with E-state index >= 15 is 0 Å². The second kappa shape index (κ2) is 10.4. The van der Waals surface area contributed by atoms with E-state index in [0.29, 0.717) is 59.6 Å². The first-order valence-corrected chi connectivity index (χ1v) is 10.2. The molecule has 1 aliphatic heterocycles. The minimum absolute atomic E-state index is 0.309. The highest BCUT2D eigenvalue weighted by molar-refractivity contribution is 6.45. The van der Waals surface area contributed by atoms with Crippen molar-refractivity contribution in [2.45, 2.75) is 0 Å². The van der Waals surface area contributed by atoms with Crippen LogP contribution in [-0.4, -0.2) is 64.3 Å². The van der Waals surface area contributed by atoms with E-state index in [4.69, 9.17) is 25.8 Å². The van der Waals surface area contributed by atoms with Crippen molar-refractivity contribution in [2.24, 2.45) is 0 Å². The largest absolute Gasteiger partial charge is 0.497 e. The van der Waals surface area contributed by atoms with Crippen LogP contribution in [0.4, 0.5) is 5.69 Å². The SMILES string of the molecule is COCCN(CCOC)C1=C(c2ccc(Cl)cc2)C(=O)N(c2cccc(OC)c2)C1=O. The Kier molecular flexibility index (Phi) is 7.68. The molecule has 164 valence electrons. The summed E-state index contributed by atoms with van der Waals surface area (Å²) in [6.07, 6.45) is 0. The maximum Gasteiger partial charge on any atom is 0.282 e. The summed E-state index contributed by atoms with van der Waals surface area (Å²) in [6, 6.07) is 13.7. The van der Waals surface area contributed by atoms with Gasteiger partial charge in [-0.2, -0.15) is 0 Å². The lowest BCUT2D eigenvalue weighted by atomic mass is 10.0. The predicted octanol–water partition coefficient (Wildman–Crippen LogP) is 3.23. The summed E-state index contributed by atoms with van der Waals surface area (Å²) < 4.78 is 15.7. The van der Waals surface area contributed by atoms with E-state index < -0.39 is 11.8 Å². The molecule has 2 aromatic rings. The summed E-state index contributed by atoms with van der Waals surface area (Å²) in [6.45, 7) is 1.64. The van der Waals surface area contributed by atoms with Crippen LogP contribution >= 0.6 is 11.6 Å². The van der Waals surface area contributed by atoms with Crippen molar-refractivity contribution in [2.75, 3.05) is 52.5 Å². The van der Waals surface area contributed by atoms with Gasteiger partial charge in [-0.3, -0.25) is 9.59 Å². The van der Waals surface area contributed by atoms with Crippen LogP contribution in [0.2, 0.25) is 5.02 Å². The maximum absolute atomic E-state index is 13.6. The summed E-state index contributed by atoms with van der Waals surface area (Å²) in [7, 11) is 4.72. The highest BCUT2D eigenvalue weighted by Gasteiger charge is 2.42. The molecule has 0 unspecified atom stereocenters. The number of carbonyl (C=O) groups excluding carboxylic acids is 2. The zero-order valence-corrected chi connectivity index (χ0v) is 18.5. The first-order chi connectivity index (χ1) is 15.0. The van der Waals surface area contributed by atoms with Crippen LogP contribution in [0.15, 0.2) is 54.2 Å². The van der Waals surface area contributed by atoms with Gasteiger partial charge in [0.2, 0.25) is 0 Å². The number of halogens is 1. The molecule has 0 saturated carbocycles. The highest BCUT2D eigenvalue weighted by atomic mass is 35.5. The minimum Gasteiger partial charge on any atom is -0.497 e. The van der Waals surface area contributed by atoms with Gasteiger partial charge in [-0.15, -0.1) is 0 Å². The van der Waals surface area contributed by atoms with E-state index in [1.54, 1.807) is 62.8 Å². The molecular weight excluding hydrogens is 420 g/mol. The number of amides is 2. The zero-order chi connectivity index (χ0) is 22.4. The second-order valence-corrected chi connectivity index (χ2v) is 7.29. The molecule has 1 aliphatic rings. The molecule has 0 spiro atoms. The lowest BCUT2D eigenvalue weighted by Gasteiger charge is -2.25.